The summed E-state index contributed by atoms with van der Waals surface area (Å²) in [6, 6.07) is 14.3. The number of methoxy groups -OCH3 is 1. The van der Waals surface area contributed by atoms with Crippen LogP contribution in [-0.2, 0) is 0 Å². The van der Waals surface area contributed by atoms with Crippen LogP contribution in [0.4, 0.5) is 0 Å². The average molecular weight is 426 g/mol. The Hall–Kier alpha value is -3.39. The van der Waals surface area contributed by atoms with Crippen molar-refractivity contribution in [1.82, 2.24) is 15.8 Å². The molecule has 2 aromatic carbocycles. The molecule has 3 rings (SSSR count). The summed E-state index contributed by atoms with van der Waals surface area (Å²) in [7, 11) is 1.50. The van der Waals surface area contributed by atoms with Crippen LogP contribution in [0.1, 0.15) is 38.9 Å². The van der Waals surface area contributed by atoms with Gasteiger partial charge < -0.3 is 9.47 Å². The van der Waals surface area contributed by atoms with E-state index in [-0.39, 0.29) is 6.10 Å². The number of nitrogens with zero attached hydrogens (tertiary/aromatic N) is 1. The van der Waals surface area contributed by atoms with Gasteiger partial charge in [0, 0.05) is 11.1 Å². The molecule has 8 heteroatoms. The molecule has 0 saturated heterocycles. The number of carbonyl (C=O) groups excluding carboxylic acids is 2. The highest BCUT2D eigenvalue weighted by molar-refractivity contribution is 7.14. The molecule has 3 aromatic rings. The molecule has 1 aromatic heterocycles. The zero-order valence-corrected chi connectivity index (χ0v) is 18.0. The van der Waals surface area contributed by atoms with Crippen LogP contribution < -0.4 is 20.3 Å². The van der Waals surface area contributed by atoms with Gasteiger partial charge in [0.2, 0.25) is 0 Å². The van der Waals surface area contributed by atoms with Crippen molar-refractivity contribution in [3.8, 4) is 22.8 Å². The maximum atomic E-state index is 12.7. The number of benzene rings is 2. The van der Waals surface area contributed by atoms with E-state index >= 15 is 0 Å². The molecule has 0 aliphatic heterocycles. The van der Waals surface area contributed by atoms with Crippen LogP contribution >= 0.6 is 11.3 Å². The van der Waals surface area contributed by atoms with Gasteiger partial charge in [0.1, 0.15) is 4.88 Å². The summed E-state index contributed by atoms with van der Waals surface area (Å²) < 4.78 is 11.0. The summed E-state index contributed by atoms with van der Waals surface area (Å²) in [5.41, 5.74) is 6.65. The Morgan fingerprint density at radius 3 is 2.37 bits per heavy atom. The monoisotopic (exact) mass is 425 g/mol. The average Bonchev–Trinajstić information content (AvgIpc) is 3.14. The number of thiazole rings is 1. The van der Waals surface area contributed by atoms with Crippen molar-refractivity contribution in [2.75, 3.05) is 7.11 Å². The Bertz CT molecular complexity index is 1050. The summed E-state index contributed by atoms with van der Waals surface area (Å²) >= 11 is 1.27. The zero-order valence-electron chi connectivity index (χ0n) is 17.2. The highest BCUT2D eigenvalue weighted by Gasteiger charge is 2.19. The van der Waals surface area contributed by atoms with Gasteiger partial charge >= 0.3 is 0 Å². The number of carbonyl (C=O) groups is 2. The fourth-order valence-corrected chi connectivity index (χ4v) is 3.61. The van der Waals surface area contributed by atoms with Crippen molar-refractivity contribution in [3.63, 3.8) is 0 Å². The lowest BCUT2D eigenvalue weighted by Crippen LogP contribution is -2.41. The van der Waals surface area contributed by atoms with Gasteiger partial charge in [-0.15, -0.1) is 11.3 Å². The standard InChI is InChI=1S/C22H23N3O4S/c1-13(2)29-17-11-10-16(12-18(17)28-4)21(26)24-25-22(27)20-19(23-14(3)30-20)15-8-6-5-7-9-15/h5-13H,1-4H3,(H,24,26)(H,25,27). The van der Waals surface area contributed by atoms with Crippen LogP contribution in [0, 0.1) is 6.92 Å². The largest absolute Gasteiger partial charge is 0.493 e. The number of ether oxygens (including phenoxy) is 2. The molecule has 0 aliphatic carbocycles. The van der Waals surface area contributed by atoms with Gasteiger partial charge in [-0.2, -0.15) is 0 Å². The van der Waals surface area contributed by atoms with Crippen LogP contribution in [0.25, 0.3) is 11.3 Å². The molecule has 0 bridgehead atoms. The van der Waals surface area contributed by atoms with Crippen LogP contribution in [0.2, 0.25) is 0 Å². The fraction of sp³-hybridized carbons (Fsp3) is 0.227. The molecule has 0 saturated carbocycles. The first-order chi connectivity index (χ1) is 14.4. The Balaban J connectivity index is 1.72. The van der Waals surface area contributed by atoms with Crippen molar-refractivity contribution in [2.24, 2.45) is 0 Å². The van der Waals surface area contributed by atoms with Crippen molar-refractivity contribution in [1.29, 1.82) is 0 Å². The van der Waals surface area contributed by atoms with E-state index in [0.717, 1.165) is 10.6 Å². The van der Waals surface area contributed by atoms with Crippen LogP contribution in [0.3, 0.4) is 0 Å². The molecule has 1 heterocycles. The van der Waals surface area contributed by atoms with Gasteiger partial charge in [0.25, 0.3) is 11.8 Å². The van der Waals surface area contributed by atoms with E-state index in [1.165, 1.54) is 18.4 Å². The van der Waals surface area contributed by atoms with E-state index < -0.39 is 11.8 Å². The Labute approximate surface area is 179 Å². The Kier molecular flexibility index (Phi) is 6.68. The number of hydrogen-bond donors (Lipinski definition) is 2. The smallest absolute Gasteiger partial charge is 0.282 e. The first kappa shape index (κ1) is 21.3. The van der Waals surface area contributed by atoms with Crippen molar-refractivity contribution < 1.29 is 19.1 Å². The summed E-state index contributed by atoms with van der Waals surface area (Å²) in [6.07, 6.45) is -0.0282. The molecule has 0 aliphatic rings. The lowest BCUT2D eigenvalue weighted by Gasteiger charge is -2.14. The van der Waals surface area contributed by atoms with Crippen molar-refractivity contribution in [3.05, 3.63) is 64.0 Å². The highest BCUT2D eigenvalue weighted by Crippen LogP contribution is 2.29. The molecule has 2 amide bonds. The van der Waals surface area contributed by atoms with Crippen LogP contribution in [0.5, 0.6) is 11.5 Å². The molecule has 0 spiro atoms. The van der Waals surface area contributed by atoms with Gasteiger partial charge in [0.15, 0.2) is 11.5 Å². The number of nitrogens with one attached hydrogen (secondary N) is 2. The third-order valence-electron chi connectivity index (χ3n) is 4.07. The molecule has 0 atom stereocenters. The third-order valence-corrected chi connectivity index (χ3v) is 5.04. The second-order valence-electron chi connectivity index (χ2n) is 6.72. The summed E-state index contributed by atoms with van der Waals surface area (Å²) in [6.45, 7) is 5.64. The maximum absolute atomic E-state index is 12.7. The quantitative estimate of drug-likeness (QED) is 0.583. The topological polar surface area (TPSA) is 89.6 Å². The Morgan fingerprint density at radius 1 is 1.00 bits per heavy atom. The van der Waals surface area contributed by atoms with E-state index in [9.17, 15) is 9.59 Å². The summed E-state index contributed by atoms with van der Waals surface area (Å²) in [5, 5.41) is 0.760. The van der Waals surface area contributed by atoms with E-state index in [0.29, 0.717) is 27.6 Å². The summed E-state index contributed by atoms with van der Waals surface area (Å²) in [5.74, 6) is 0.0765. The minimum Gasteiger partial charge on any atom is -0.493 e. The SMILES string of the molecule is COc1cc(C(=O)NNC(=O)c2sc(C)nc2-c2ccccc2)ccc1OC(C)C. The zero-order chi connectivity index (χ0) is 21.7. The lowest BCUT2D eigenvalue weighted by atomic mass is 10.1. The first-order valence-corrected chi connectivity index (χ1v) is 10.2. The second kappa shape index (κ2) is 9.41. The van der Waals surface area contributed by atoms with Gasteiger partial charge in [0.05, 0.1) is 23.9 Å². The van der Waals surface area contributed by atoms with Crippen molar-refractivity contribution >= 4 is 23.2 Å². The van der Waals surface area contributed by atoms with Crippen LogP contribution in [-0.4, -0.2) is 30.0 Å². The minimum absolute atomic E-state index is 0.0282. The van der Waals surface area contributed by atoms with Crippen LogP contribution in [0.15, 0.2) is 48.5 Å². The second-order valence-corrected chi connectivity index (χ2v) is 7.92. The number of aromatic nitrogens is 1. The van der Waals surface area contributed by atoms with Gasteiger partial charge in [-0.25, -0.2) is 4.98 Å². The van der Waals surface area contributed by atoms with Crippen molar-refractivity contribution in [2.45, 2.75) is 26.9 Å². The predicted octanol–water partition coefficient (Wildman–Crippen LogP) is 3.99. The molecular formula is C22H23N3O4S. The molecular weight excluding hydrogens is 402 g/mol. The van der Waals surface area contributed by atoms with Gasteiger partial charge in [-0.1, -0.05) is 30.3 Å². The summed E-state index contributed by atoms with van der Waals surface area (Å²) in [4.78, 5) is 30.1. The van der Waals surface area contributed by atoms with E-state index in [1.54, 1.807) is 18.2 Å². The van der Waals surface area contributed by atoms with E-state index in [2.05, 4.69) is 15.8 Å². The molecule has 30 heavy (non-hydrogen) atoms. The molecule has 2 N–H and O–H groups in total. The molecule has 156 valence electrons. The lowest BCUT2D eigenvalue weighted by molar-refractivity contribution is 0.0849. The minimum atomic E-state index is -0.472. The fourth-order valence-electron chi connectivity index (χ4n) is 2.78. The van der Waals surface area contributed by atoms with E-state index in [1.807, 2.05) is 51.1 Å². The highest BCUT2D eigenvalue weighted by atomic mass is 32.1. The normalized spacial score (nSPS) is 10.6. The maximum Gasteiger partial charge on any atom is 0.282 e. The number of rotatable bonds is 6. The molecule has 0 radical (unpaired) electrons. The van der Waals surface area contributed by atoms with E-state index in [4.69, 9.17) is 9.47 Å². The van der Waals surface area contributed by atoms with Gasteiger partial charge in [-0.3, -0.25) is 20.4 Å². The first-order valence-electron chi connectivity index (χ1n) is 9.37. The third kappa shape index (κ3) is 4.96. The number of amides is 2. The Morgan fingerprint density at radius 2 is 1.70 bits per heavy atom. The molecule has 7 nitrogen and oxygen atoms in total. The number of aryl methyl sites for hydroxylation is 1. The predicted molar refractivity (Wildman–Crippen MR) is 116 cm³/mol. The molecule has 0 unspecified atom stereocenters. The number of hydrazine groups is 1. The van der Waals surface area contributed by atoms with Gasteiger partial charge in [-0.05, 0) is 39.0 Å². The number of hydrogen-bond acceptors (Lipinski definition) is 6. The molecule has 0 fully saturated rings.